The number of esters is 3. The fourth-order valence-corrected chi connectivity index (χ4v) is 10.7. The molecule has 0 aromatic carbocycles. The fraction of sp³-hybridized carbons (Fsp3) is 0.956. The lowest BCUT2D eigenvalue weighted by molar-refractivity contribution is -0.167. The van der Waals surface area contributed by atoms with Crippen molar-refractivity contribution in [3.63, 3.8) is 0 Å². The molecule has 0 rings (SSSR count). The number of carbonyl (C=O) groups is 3. The van der Waals surface area contributed by atoms with Crippen LogP contribution in [0, 0.1) is 0 Å². The molecule has 0 radical (unpaired) electrons. The van der Waals surface area contributed by atoms with E-state index < -0.39 is 6.10 Å². The summed E-state index contributed by atoms with van der Waals surface area (Å²) in [5.74, 6) is -0.827. The van der Waals surface area contributed by atoms with E-state index in [2.05, 4.69) is 20.8 Å². The molecule has 6 nitrogen and oxygen atoms in total. The topological polar surface area (TPSA) is 78.9 Å². The van der Waals surface area contributed by atoms with Crippen molar-refractivity contribution in [1.82, 2.24) is 0 Å². The lowest BCUT2D eigenvalue weighted by atomic mass is 10.0. The summed E-state index contributed by atoms with van der Waals surface area (Å²) in [5, 5.41) is 0. The first-order valence-corrected chi connectivity index (χ1v) is 34.0. The number of hydrogen-bond donors (Lipinski definition) is 0. The molecular formula is C68H132O6. The largest absolute Gasteiger partial charge is 0.462 e. The van der Waals surface area contributed by atoms with Gasteiger partial charge in [0.2, 0.25) is 0 Å². The SMILES string of the molecule is CCCCCCCCCCCCCCCCCCCCCCCCCCCCCCCC(=O)OCC(COC(=O)CCCCCCCCCCCCC)OC(=O)CCCCCCCCCCCCCCCCCC. The van der Waals surface area contributed by atoms with Crippen LogP contribution in [0.15, 0.2) is 0 Å². The normalized spacial score (nSPS) is 11.9. The molecule has 0 N–H and O–H groups in total. The van der Waals surface area contributed by atoms with Crippen LogP contribution >= 0.6 is 0 Å². The zero-order chi connectivity index (χ0) is 53.6. The molecular weight excluding hydrogens is 913 g/mol. The zero-order valence-electron chi connectivity index (χ0n) is 50.7. The van der Waals surface area contributed by atoms with Crippen molar-refractivity contribution in [3.8, 4) is 0 Å². The molecule has 0 amide bonds. The van der Waals surface area contributed by atoms with Crippen LogP contribution in [0.4, 0.5) is 0 Å². The maximum atomic E-state index is 12.9. The Balaban J connectivity index is 4.07. The summed E-state index contributed by atoms with van der Waals surface area (Å²) in [7, 11) is 0. The van der Waals surface area contributed by atoms with E-state index in [1.807, 2.05) is 0 Å². The van der Waals surface area contributed by atoms with E-state index >= 15 is 0 Å². The highest BCUT2D eigenvalue weighted by atomic mass is 16.6. The predicted octanol–water partition coefficient (Wildman–Crippen LogP) is 23.1. The first-order chi connectivity index (χ1) is 36.5. The maximum absolute atomic E-state index is 12.9. The van der Waals surface area contributed by atoms with Crippen LogP contribution in [-0.4, -0.2) is 37.2 Å². The highest BCUT2D eigenvalue weighted by molar-refractivity contribution is 5.71. The third-order valence-corrected chi connectivity index (χ3v) is 15.9. The Morgan fingerprint density at radius 2 is 0.365 bits per heavy atom. The first-order valence-electron chi connectivity index (χ1n) is 34.0. The van der Waals surface area contributed by atoms with Crippen LogP contribution in [0.3, 0.4) is 0 Å². The molecule has 0 aromatic heterocycles. The third kappa shape index (κ3) is 61.3. The van der Waals surface area contributed by atoms with Gasteiger partial charge in [0.1, 0.15) is 13.2 Å². The lowest BCUT2D eigenvalue weighted by Gasteiger charge is -2.18. The van der Waals surface area contributed by atoms with Gasteiger partial charge in [-0.25, -0.2) is 0 Å². The Morgan fingerprint density at radius 3 is 0.541 bits per heavy atom. The van der Waals surface area contributed by atoms with Crippen molar-refractivity contribution < 1.29 is 28.6 Å². The highest BCUT2D eigenvalue weighted by Crippen LogP contribution is 2.19. The average molecular weight is 1050 g/mol. The molecule has 0 fully saturated rings. The average Bonchev–Trinajstić information content (AvgIpc) is 3.40. The van der Waals surface area contributed by atoms with Crippen LogP contribution in [-0.2, 0) is 28.6 Å². The van der Waals surface area contributed by atoms with Gasteiger partial charge < -0.3 is 14.2 Å². The van der Waals surface area contributed by atoms with Crippen molar-refractivity contribution in [2.75, 3.05) is 13.2 Å². The lowest BCUT2D eigenvalue weighted by Crippen LogP contribution is -2.30. The molecule has 1 unspecified atom stereocenters. The van der Waals surface area contributed by atoms with Crippen molar-refractivity contribution >= 4 is 17.9 Å². The van der Waals surface area contributed by atoms with Gasteiger partial charge in [0, 0.05) is 19.3 Å². The Kier molecular flexibility index (Phi) is 62.6. The summed E-state index contributed by atoms with van der Waals surface area (Å²) in [6.07, 6.45) is 74.3. The molecule has 0 spiro atoms. The highest BCUT2D eigenvalue weighted by Gasteiger charge is 2.19. The fourth-order valence-electron chi connectivity index (χ4n) is 10.7. The summed E-state index contributed by atoms with van der Waals surface area (Å²) in [5.41, 5.74) is 0. The molecule has 0 saturated heterocycles. The quantitative estimate of drug-likeness (QED) is 0.0343. The second kappa shape index (κ2) is 63.9. The molecule has 0 aliphatic rings. The van der Waals surface area contributed by atoms with Crippen LogP contribution in [0.5, 0.6) is 0 Å². The summed E-state index contributed by atoms with van der Waals surface area (Å²) in [6, 6.07) is 0. The van der Waals surface area contributed by atoms with Crippen LogP contribution in [0.1, 0.15) is 400 Å². The van der Waals surface area contributed by atoms with Crippen LogP contribution in [0.2, 0.25) is 0 Å². The third-order valence-electron chi connectivity index (χ3n) is 15.9. The molecule has 0 aliphatic heterocycles. The number of ether oxygens (including phenoxy) is 3. The van der Waals surface area contributed by atoms with E-state index in [0.29, 0.717) is 19.3 Å². The van der Waals surface area contributed by atoms with Crippen molar-refractivity contribution in [1.29, 1.82) is 0 Å². The molecule has 74 heavy (non-hydrogen) atoms. The molecule has 0 aliphatic carbocycles. The van der Waals surface area contributed by atoms with Crippen molar-refractivity contribution in [3.05, 3.63) is 0 Å². The summed E-state index contributed by atoms with van der Waals surface area (Å²) < 4.78 is 16.9. The van der Waals surface area contributed by atoms with Crippen LogP contribution in [0.25, 0.3) is 0 Å². The van der Waals surface area contributed by atoms with E-state index in [1.165, 1.54) is 302 Å². The van der Waals surface area contributed by atoms with Gasteiger partial charge in [0.15, 0.2) is 6.10 Å². The Labute approximate surface area is 463 Å². The molecule has 0 bridgehead atoms. The van der Waals surface area contributed by atoms with E-state index in [0.717, 1.165) is 57.8 Å². The van der Waals surface area contributed by atoms with Gasteiger partial charge in [0.25, 0.3) is 0 Å². The summed E-state index contributed by atoms with van der Waals surface area (Å²) in [6.45, 7) is 6.72. The van der Waals surface area contributed by atoms with Crippen LogP contribution < -0.4 is 0 Å². The van der Waals surface area contributed by atoms with Gasteiger partial charge in [-0.3, -0.25) is 14.4 Å². The van der Waals surface area contributed by atoms with Gasteiger partial charge in [0.05, 0.1) is 0 Å². The van der Waals surface area contributed by atoms with Crippen molar-refractivity contribution in [2.45, 2.75) is 406 Å². The van der Waals surface area contributed by atoms with E-state index in [1.54, 1.807) is 0 Å². The van der Waals surface area contributed by atoms with Gasteiger partial charge in [-0.1, -0.05) is 361 Å². The zero-order valence-corrected chi connectivity index (χ0v) is 50.7. The second-order valence-corrected chi connectivity index (χ2v) is 23.5. The van der Waals surface area contributed by atoms with E-state index in [4.69, 9.17) is 14.2 Å². The monoisotopic (exact) mass is 1050 g/mol. The van der Waals surface area contributed by atoms with Gasteiger partial charge in [-0.15, -0.1) is 0 Å². The minimum Gasteiger partial charge on any atom is -0.462 e. The molecule has 0 saturated carbocycles. The van der Waals surface area contributed by atoms with E-state index in [-0.39, 0.29) is 31.1 Å². The van der Waals surface area contributed by atoms with Crippen molar-refractivity contribution in [2.24, 2.45) is 0 Å². The van der Waals surface area contributed by atoms with E-state index in [9.17, 15) is 14.4 Å². The van der Waals surface area contributed by atoms with Gasteiger partial charge in [-0.2, -0.15) is 0 Å². The Hall–Kier alpha value is -1.59. The summed E-state index contributed by atoms with van der Waals surface area (Å²) in [4.78, 5) is 38.2. The maximum Gasteiger partial charge on any atom is 0.306 e. The number of rotatable bonds is 64. The number of carbonyl (C=O) groups excluding carboxylic acids is 3. The molecule has 6 heteroatoms. The minimum atomic E-state index is -0.762. The minimum absolute atomic E-state index is 0.0607. The Morgan fingerprint density at radius 1 is 0.216 bits per heavy atom. The van der Waals surface area contributed by atoms with Gasteiger partial charge >= 0.3 is 17.9 Å². The summed E-state index contributed by atoms with van der Waals surface area (Å²) >= 11 is 0. The standard InChI is InChI=1S/C68H132O6/c1-4-7-10-13-16-19-22-24-26-28-29-30-31-32-33-34-35-36-37-38-39-40-42-43-46-49-52-55-58-61-67(70)73-64-65(63-72-66(69)60-57-54-51-48-45-21-18-15-12-9-6-3)74-68(71)62-59-56-53-50-47-44-41-27-25-23-20-17-14-11-8-5-2/h65H,4-64H2,1-3H3. The molecule has 0 heterocycles. The first kappa shape index (κ1) is 72.4. The number of unbranched alkanes of at least 4 members (excludes halogenated alkanes) is 53. The smallest absolute Gasteiger partial charge is 0.306 e. The molecule has 1 atom stereocenters. The van der Waals surface area contributed by atoms with Gasteiger partial charge in [-0.05, 0) is 19.3 Å². The molecule has 0 aromatic rings. The molecule has 440 valence electrons. The Bertz CT molecular complexity index is 1110. The predicted molar refractivity (Wildman–Crippen MR) is 321 cm³/mol. The number of hydrogen-bond acceptors (Lipinski definition) is 6. The second-order valence-electron chi connectivity index (χ2n) is 23.5.